The molecule has 16 heavy (non-hydrogen) atoms. The van der Waals surface area contributed by atoms with E-state index in [-0.39, 0.29) is 16.9 Å². The Bertz CT molecular complexity index is 567. The average Bonchev–Trinajstić information content (AvgIpc) is 2.72. The topological polar surface area (TPSA) is 79.6 Å². The van der Waals surface area contributed by atoms with Crippen LogP contribution in [0.25, 0.3) is 11.0 Å². The molecule has 0 unspecified atom stereocenters. The summed E-state index contributed by atoms with van der Waals surface area (Å²) in [6, 6.07) is 4.34. The Labute approximate surface area is 90.2 Å². The molecule has 0 aliphatic carbocycles. The van der Waals surface area contributed by atoms with E-state index in [0.717, 1.165) is 0 Å². The summed E-state index contributed by atoms with van der Waals surface area (Å²) in [6.45, 7) is 0. The Morgan fingerprint density at radius 2 is 2.25 bits per heavy atom. The number of carbonyl (C=O) groups is 2. The second-order valence-corrected chi connectivity index (χ2v) is 3.12. The highest BCUT2D eigenvalue weighted by molar-refractivity contribution is 6.00. The van der Waals surface area contributed by atoms with Crippen LogP contribution in [0.15, 0.2) is 22.6 Å². The summed E-state index contributed by atoms with van der Waals surface area (Å²) in [6.07, 6.45) is 0.588. The molecule has 5 nitrogen and oxygen atoms in total. The van der Waals surface area contributed by atoms with E-state index in [1.165, 1.54) is 19.2 Å². The molecule has 5 heteroatoms. The fourth-order valence-electron chi connectivity index (χ4n) is 1.49. The van der Waals surface area contributed by atoms with E-state index in [2.05, 4.69) is 0 Å². The predicted molar refractivity (Wildman–Crippen MR) is 52.5 cm³/mol. The number of aromatic carboxylic acids is 1. The van der Waals surface area contributed by atoms with Crippen molar-refractivity contribution in [2.45, 2.75) is 0 Å². The highest BCUT2D eigenvalue weighted by Crippen LogP contribution is 2.30. The minimum atomic E-state index is -1.44. The second kappa shape index (κ2) is 3.69. The van der Waals surface area contributed by atoms with Gasteiger partial charge in [0.25, 0.3) is 0 Å². The quantitative estimate of drug-likeness (QED) is 0.707. The number of benzene rings is 1. The average molecular weight is 219 g/mol. The Morgan fingerprint density at radius 1 is 1.50 bits per heavy atom. The van der Waals surface area contributed by atoms with E-state index in [9.17, 15) is 14.7 Å². The van der Waals surface area contributed by atoms with Gasteiger partial charge in [-0.25, -0.2) is 0 Å². The molecule has 0 bridgehead atoms. The summed E-state index contributed by atoms with van der Waals surface area (Å²) in [5.41, 5.74) is 0.455. The van der Waals surface area contributed by atoms with Crippen molar-refractivity contribution in [3.05, 3.63) is 29.5 Å². The van der Waals surface area contributed by atoms with Crippen LogP contribution >= 0.6 is 0 Å². The lowest BCUT2D eigenvalue weighted by Gasteiger charge is -2.00. The van der Waals surface area contributed by atoms with E-state index in [1.54, 1.807) is 6.07 Å². The van der Waals surface area contributed by atoms with Crippen LogP contribution in [0.4, 0.5) is 0 Å². The number of hydrogen-bond donors (Lipinski definition) is 0. The van der Waals surface area contributed by atoms with Crippen molar-refractivity contribution in [2.24, 2.45) is 0 Å². The second-order valence-electron chi connectivity index (χ2n) is 3.12. The fourth-order valence-corrected chi connectivity index (χ4v) is 1.49. The summed E-state index contributed by atoms with van der Waals surface area (Å²) in [5, 5.41) is 11.1. The summed E-state index contributed by atoms with van der Waals surface area (Å²) < 4.78 is 10.1. The Kier molecular flexibility index (Phi) is 2.36. The monoisotopic (exact) mass is 219 g/mol. The highest BCUT2D eigenvalue weighted by atomic mass is 16.5. The highest BCUT2D eigenvalue weighted by Gasteiger charge is 2.12. The molecular formula is C11H7O5-. The minimum absolute atomic E-state index is 0.188. The maximum absolute atomic E-state index is 10.7. The van der Waals surface area contributed by atoms with Gasteiger partial charge in [-0.15, -0.1) is 0 Å². The first-order valence-electron chi connectivity index (χ1n) is 4.44. The third kappa shape index (κ3) is 1.42. The van der Waals surface area contributed by atoms with Crippen molar-refractivity contribution in [2.75, 3.05) is 7.11 Å². The third-order valence-electron chi connectivity index (χ3n) is 2.22. The van der Waals surface area contributed by atoms with Crippen molar-refractivity contribution >= 4 is 23.2 Å². The smallest absolute Gasteiger partial charge is 0.153 e. The maximum Gasteiger partial charge on any atom is 0.153 e. The van der Waals surface area contributed by atoms with Gasteiger partial charge >= 0.3 is 0 Å². The zero-order valence-corrected chi connectivity index (χ0v) is 8.35. The van der Waals surface area contributed by atoms with Crippen LogP contribution in [0, 0.1) is 0 Å². The molecule has 1 aromatic carbocycles. The van der Waals surface area contributed by atoms with E-state index in [4.69, 9.17) is 9.15 Å². The van der Waals surface area contributed by atoms with Gasteiger partial charge in [-0.2, -0.15) is 0 Å². The molecule has 0 atom stereocenters. The van der Waals surface area contributed by atoms with Crippen molar-refractivity contribution in [1.82, 2.24) is 0 Å². The molecule has 82 valence electrons. The van der Waals surface area contributed by atoms with Crippen LogP contribution < -0.4 is 9.84 Å². The van der Waals surface area contributed by atoms with Crippen LogP contribution in [0.5, 0.6) is 5.75 Å². The molecule has 2 aromatic rings. The maximum atomic E-state index is 10.7. The zero-order valence-electron chi connectivity index (χ0n) is 8.35. The van der Waals surface area contributed by atoms with Crippen molar-refractivity contribution in [3.8, 4) is 5.75 Å². The van der Waals surface area contributed by atoms with Gasteiger partial charge in [0.1, 0.15) is 17.3 Å². The van der Waals surface area contributed by atoms with Gasteiger partial charge in [0.15, 0.2) is 12.0 Å². The molecular weight excluding hydrogens is 212 g/mol. The molecule has 0 spiro atoms. The normalized spacial score (nSPS) is 10.3. The molecule has 1 heterocycles. The molecule has 0 radical (unpaired) electrons. The lowest BCUT2D eigenvalue weighted by atomic mass is 10.1. The van der Waals surface area contributed by atoms with Crippen LogP contribution in [0.2, 0.25) is 0 Å². The number of methoxy groups -OCH3 is 1. The number of carboxylic acids is 1. The first-order chi connectivity index (χ1) is 7.67. The third-order valence-corrected chi connectivity index (χ3v) is 2.22. The number of ether oxygens (including phenoxy) is 1. The standard InChI is InChI=1S/C11H8O5/c1-15-8-3-2-6(5-12)10-7(8)4-9(16-10)11(13)14/h2-5H,1H3,(H,13,14)/p-1. The fraction of sp³-hybridized carbons (Fsp3) is 0.0909. The summed E-state index contributed by atoms with van der Waals surface area (Å²) in [7, 11) is 1.45. The zero-order chi connectivity index (χ0) is 11.7. The lowest BCUT2D eigenvalue weighted by Crippen LogP contribution is -2.21. The number of carbonyl (C=O) groups excluding carboxylic acids is 2. The Hall–Kier alpha value is -2.30. The molecule has 0 aliphatic rings. The van der Waals surface area contributed by atoms with E-state index in [0.29, 0.717) is 17.4 Å². The van der Waals surface area contributed by atoms with Crippen LogP contribution in [-0.2, 0) is 0 Å². The summed E-state index contributed by atoms with van der Waals surface area (Å²) >= 11 is 0. The van der Waals surface area contributed by atoms with Crippen LogP contribution in [0.1, 0.15) is 20.9 Å². The first-order valence-corrected chi connectivity index (χ1v) is 4.44. The predicted octanol–water partition coefficient (Wildman–Crippen LogP) is 0.617. The summed E-state index contributed by atoms with van der Waals surface area (Å²) in [4.78, 5) is 21.4. The summed E-state index contributed by atoms with van der Waals surface area (Å²) in [5.74, 6) is -1.32. The SMILES string of the molecule is COc1ccc(C=O)c2oc(C(=O)[O-])cc12. The number of hydrogen-bond acceptors (Lipinski definition) is 5. The van der Waals surface area contributed by atoms with Crippen molar-refractivity contribution in [1.29, 1.82) is 0 Å². The number of rotatable bonds is 3. The van der Waals surface area contributed by atoms with E-state index < -0.39 is 5.97 Å². The van der Waals surface area contributed by atoms with Crippen molar-refractivity contribution < 1.29 is 23.8 Å². The molecule has 0 fully saturated rings. The van der Waals surface area contributed by atoms with Gasteiger partial charge in [0, 0.05) is 0 Å². The van der Waals surface area contributed by atoms with Gasteiger partial charge < -0.3 is 19.1 Å². The van der Waals surface area contributed by atoms with E-state index in [1.807, 2.05) is 0 Å². The molecule has 0 amide bonds. The Morgan fingerprint density at radius 3 is 2.81 bits per heavy atom. The van der Waals surface area contributed by atoms with Gasteiger partial charge in [0.05, 0.1) is 18.1 Å². The molecule has 0 saturated heterocycles. The number of carboxylic acid groups (broad SMARTS) is 1. The van der Waals surface area contributed by atoms with Crippen molar-refractivity contribution in [3.63, 3.8) is 0 Å². The number of fused-ring (bicyclic) bond motifs is 1. The molecule has 0 N–H and O–H groups in total. The largest absolute Gasteiger partial charge is 0.542 e. The van der Waals surface area contributed by atoms with E-state index >= 15 is 0 Å². The van der Waals surface area contributed by atoms with Gasteiger partial charge in [-0.05, 0) is 18.2 Å². The van der Waals surface area contributed by atoms with Crippen LogP contribution in [-0.4, -0.2) is 19.4 Å². The molecule has 0 saturated carbocycles. The first kappa shape index (κ1) is 10.2. The van der Waals surface area contributed by atoms with Gasteiger partial charge in [-0.3, -0.25) is 4.79 Å². The number of aldehydes is 1. The molecule has 2 rings (SSSR count). The lowest BCUT2D eigenvalue weighted by molar-refractivity contribution is -0.256. The van der Waals surface area contributed by atoms with Gasteiger partial charge in [-0.1, -0.05) is 0 Å². The van der Waals surface area contributed by atoms with Crippen LogP contribution in [0.3, 0.4) is 0 Å². The minimum Gasteiger partial charge on any atom is -0.542 e. The Balaban J connectivity index is 2.80. The molecule has 1 aromatic heterocycles. The number of furan rings is 1. The van der Waals surface area contributed by atoms with Gasteiger partial charge in [0.2, 0.25) is 0 Å². The molecule has 0 aliphatic heterocycles.